The zero-order valence-corrected chi connectivity index (χ0v) is 12.9. The average molecular weight is 316 g/mol. The van der Waals surface area contributed by atoms with E-state index in [1.807, 2.05) is 12.1 Å². The molecule has 102 valence electrons. The standard InChI is InChI=1S/C14H22BrNO2/c1-4-5-6-7-11(16)10-8-12(17-2)14(15)13(9-10)18-3/h8-9,11H,4-7,16H2,1-3H3/t11-/m0/s1. The maximum atomic E-state index is 6.21. The van der Waals surface area contributed by atoms with Crippen LogP contribution >= 0.6 is 15.9 Å². The molecule has 0 saturated carbocycles. The van der Waals surface area contributed by atoms with Crippen molar-refractivity contribution in [2.75, 3.05) is 14.2 Å². The van der Waals surface area contributed by atoms with Gasteiger partial charge in [-0.15, -0.1) is 0 Å². The highest BCUT2D eigenvalue weighted by atomic mass is 79.9. The van der Waals surface area contributed by atoms with Gasteiger partial charge in [-0.25, -0.2) is 0 Å². The third-order valence-corrected chi connectivity index (χ3v) is 3.80. The summed E-state index contributed by atoms with van der Waals surface area (Å²) in [5.74, 6) is 1.52. The average Bonchev–Trinajstić information content (AvgIpc) is 2.39. The summed E-state index contributed by atoms with van der Waals surface area (Å²) < 4.78 is 11.5. The second-order valence-corrected chi connectivity index (χ2v) is 5.13. The molecule has 0 aliphatic heterocycles. The van der Waals surface area contributed by atoms with Crippen molar-refractivity contribution < 1.29 is 9.47 Å². The van der Waals surface area contributed by atoms with Crippen LogP contribution in [0.2, 0.25) is 0 Å². The summed E-state index contributed by atoms with van der Waals surface area (Å²) in [6, 6.07) is 3.99. The zero-order chi connectivity index (χ0) is 13.5. The van der Waals surface area contributed by atoms with Crippen LogP contribution in [-0.2, 0) is 0 Å². The molecule has 1 atom stereocenters. The summed E-state index contributed by atoms with van der Waals surface area (Å²) in [5, 5.41) is 0. The molecule has 0 spiro atoms. The lowest BCUT2D eigenvalue weighted by Crippen LogP contribution is -2.10. The smallest absolute Gasteiger partial charge is 0.137 e. The first-order valence-electron chi connectivity index (χ1n) is 6.31. The Kier molecular flexibility index (Phi) is 6.50. The van der Waals surface area contributed by atoms with Crippen molar-refractivity contribution in [3.63, 3.8) is 0 Å². The predicted molar refractivity (Wildman–Crippen MR) is 78.3 cm³/mol. The lowest BCUT2D eigenvalue weighted by atomic mass is 10.0. The number of hydrogen-bond donors (Lipinski definition) is 1. The van der Waals surface area contributed by atoms with Crippen molar-refractivity contribution in [1.82, 2.24) is 0 Å². The predicted octanol–water partition coefficient (Wildman–Crippen LogP) is 4.05. The quantitative estimate of drug-likeness (QED) is 0.772. The number of rotatable bonds is 7. The van der Waals surface area contributed by atoms with E-state index in [0.29, 0.717) is 0 Å². The van der Waals surface area contributed by atoms with Gasteiger partial charge >= 0.3 is 0 Å². The van der Waals surface area contributed by atoms with Crippen molar-refractivity contribution in [3.05, 3.63) is 22.2 Å². The van der Waals surface area contributed by atoms with Gasteiger partial charge in [-0.1, -0.05) is 26.2 Å². The fraction of sp³-hybridized carbons (Fsp3) is 0.571. The van der Waals surface area contributed by atoms with Crippen LogP contribution < -0.4 is 15.2 Å². The first-order chi connectivity index (χ1) is 8.63. The van der Waals surface area contributed by atoms with E-state index in [-0.39, 0.29) is 6.04 Å². The van der Waals surface area contributed by atoms with Crippen LogP contribution in [-0.4, -0.2) is 14.2 Å². The zero-order valence-electron chi connectivity index (χ0n) is 11.3. The van der Waals surface area contributed by atoms with Gasteiger partial charge < -0.3 is 15.2 Å². The molecule has 0 unspecified atom stereocenters. The highest BCUT2D eigenvalue weighted by Gasteiger charge is 2.14. The van der Waals surface area contributed by atoms with Gasteiger partial charge in [0.2, 0.25) is 0 Å². The maximum absolute atomic E-state index is 6.21. The van der Waals surface area contributed by atoms with Crippen LogP contribution in [0.15, 0.2) is 16.6 Å². The molecule has 18 heavy (non-hydrogen) atoms. The third kappa shape index (κ3) is 3.89. The van der Waals surface area contributed by atoms with Crippen LogP contribution in [0.3, 0.4) is 0 Å². The number of benzene rings is 1. The molecule has 0 fully saturated rings. The van der Waals surface area contributed by atoms with E-state index in [4.69, 9.17) is 15.2 Å². The van der Waals surface area contributed by atoms with Crippen molar-refractivity contribution >= 4 is 15.9 Å². The summed E-state index contributed by atoms with van der Waals surface area (Å²) >= 11 is 3.46. The Morgan fingerprint density at radius 1 is 1.17 bits per heavy atom. The highest BCUT2D eigenvalue weighted by molar-refractivity contribution is 9.10. The van der Waals surface area contributed by atoms with Crippen molar-refractivity contribution in [3.8, 4) is 11.5 Å². The largest absolute Gasteiger partial charge is 0.495 e. The second-order valence-electron chi connectivity index (χ2n) is 4.34. The molecule has 3 nitrogen and oxygen atoms in total. The lowest BCUT2D eigenvalue weighted by Gasteiger charge is -2.16. The summed E-state index contributed by atoms with van der Waals surface area (Å²) in [6.07, 6.45) is 4.57. The van der Waals surface area contributed by atoms with E-state index >= 15 is 0 Å². The topological polar surface area (TPSA) is 44.5 Å². The molecule has 4 heteroatoms. The fourth-order valence-electron chi connectivity index (χ4n) is 1.88. The normalized spacial score (nSPS) is 12.3. The minimum Gasteiger partial charge on any atom is -0.495 e. The monoisotopic (exact) mass is 315 g/mol. The number of methoxy groups -OCH3 is 2. The van der Waals surface area contributed by atoms with E-state index in [1.165, 1.54) is 12.8 Å². The molecule has 1 rings (SSSR count). The highest BCUT2D eigenvalue weighted by Crippen LogP contribution is 2.37. The Hall–Kier alpha value is -0.740. The molecule has 0 saturated heterocycles. The molecule has 0 aliphatic rings. The molecule has 1 aromatic rings. The summed E-state index contributed by atoms with van der Waals surface area (Å²) in [4.78, 5) is 0. The van der Waals surface area contributed by atoms with Crippen molar-refractivity contribution in [1.29, 1.82) is 0 Å². The second kappa shape index (κ2) is 7.64. The molecule has 0 amide bonds. The van der Waals surface area contributed by atoms with E-state index in [9.17, 15) is 0 Å². The molecule has 2 N–H and O–H groups in total. The van der Waals surface area contributed by atoms with Gasteiger partial charge in [0.1, 0.15) is 16.0 Å². The van der Waals surface area contributed by atoms with Crippen molar-refractivity contribution in [2.45, 2.75) is 38.6 Å². The summed E-state index contributed by atoms with van der Waals surface area (Å²) in [7, 11) is 3.29. The van der Waals surface area contributed by atoms with E-state index in [0.717, 1.165) is 34.4 Å². The molecule has 1 aromatic carbocycles. The van der Waals surface area contributed by atoms with Gasteiger partial charge in [-0.2, -0.15) is 0 Å². The molecule has 0 heterocycles. The number of ether oxygens (including phenoxy) is 2. The van der Waals surface area contributed by atoms with E-state index in [2.05, 4.69) is 22.9 Å². The van der Waals surface area contributed by atoms with E-state index in [1.54, 1.807) is 14.2 Å². The summed E-state index contributed by atoms with van der Waals surface area (Å²) in [6.45, 7) is 2.19. The van der Waals surface area contributed by atoms with Crippen LogP contribution in [0.4, 0.5) is 0 Å². The fourth-order valence-corrected chi connectivity index (χ4v) is 2.44. The van der Waals surface area contributed by atoms with Crippen LogP contribution in [0.5, 0.6) is 11.5 Å². The minimum absolute atomic E-state index is 0.0347. The third-order valence-electron chi connectivity index (χ3n) is 3.01. The van der Waals surface area contributed by atoms with Gasteiger partial charge in [0.25, 0.3) is 0 Å². The Bertz CT molecular complexity index is 357. The van der Waals surface area contributed by atoms with Crippen LogP contribution in [0.1, 0.15) is 44.2 Å². The lowest BCUT2D eigenvalue weighted by molar-refractivity contribution is 0.387. The van der Waals surface area contributed by atoms with Gasteiger partial charge in [0.05, 0.1) is 14.2 Å². The molecular weight excluding hydrogens is 294 g/mol. The maximum Gasteiger partial charge on any atom is 0.137 e. The Morgan fingerprint density at radius 3 is 2.17 bits per heavy atom. The van der Waals surface area contributed by atoms with Gasteiger partial charge in [0, 0.05) is 6.04 Å². The SMILES string of the molecule is CCCCC[C@H](N)c1cc(OC)c(Br)c(OC)c1. The first kappa shape index (κ1) is 15.3. The number of halogens is 1. The van der Waals surface area contributed by atoms with E-state index < -0.39 is 0 Å². The van der Waals surface area contributed by atoms with Gasteiger partial charge in [-0.3, -0.25) is 0 Å². The Labute approximate surface area is 118 Å². The Balaban J connectivity index is 2.87. The minimum atomic E-state index is 0.0347. The number of nitrogens with two attached hydrogens (primary N) is 1. The van der Waals surface area contributed by atoms with Crippen LogP contribution in [0, 0.1) is 0 Å². The van der Waals surface area contributed by atoms with Crippen molar-refractivity contribution in [2.24, 2.45) is 5.73 Å². The summed E-state index contributed by atoms with van der Waals surface area (Å²) in [5.41, 5.74) is 7.26. The molecular formula is C14H22BrNO2. The van der Waals surface area contributed by atoms with Crippen LogP contribution in [0.25, 0.3) is 0 Å². The number of unbranched alkanes of at least 4 members (excludes halogenated alkanes) is 2. The Morgan fingerprint density at radius 2 is 1.72 bits per heavy atom. The molecule has 0 radical (unpaired) electrons. The molecule has 0 bridgehead atoms. The first-order valence-corrected chi connectivity index (χ1v) is 7.10. The van der Waals surface area contributed by atoms with Gasteiger partial charge in [-0.05, 0) is 40.0 Å². The number of hydrogen-bond acceptors (Lipinski definition) is 3. The molecule has 0 aliphatic carbocycles. The van der Waals surface area contributed by atoms with Gasteiger partial charge in [0.15, 0.2) is 0 Å². The molecule has 0 aromatic heterocycles.